The summed E-state index contributed by atoms with van der Waals surface area (Å²) in [4.78, 5) is 11.7. The molecule has 0 aliphatic rings. The number of anilines is 1. The van der Waals surface area contributed by atoms with E-state index in [2.05, 4.69) is 15.9 Å². The molecule has 0 heterocycles. The second-order valence-electron chi connectivity index (χ2n) is 3.63. The van der Waals surface area contributed by atoms with Crippen molar-refractivity contribution in [2.75, 3.05) is 5.73 Å². The number of hydrogen-bond donors (Lipinski definition) is 2. The number of rotatable bonds is 4. The lowest BCUT2D eigenvalue weighted by Gasteiger charge is -2.16. The average molecular weight is 304 g/mol. The van der Waals surface area contributed by atoms with Crippen LogP contribution in [-0.4, -0.2) is 16.3 Å². The van der Waals surface area contributed by atoms with Gasteiger partial charge in [-0.25, -0.2) is 0 Å². The number of carboxylic acids is 1. The second kappa shape index (κ2) is 5.59. The van der Waals surface area contributed by atoms with Crippen molar-refractivity contribution in [2.45, 2.75) is 24.0 Å². The van der Waals surface area contributed by atoms with E-state index in [0.29, 0.717) is 5.69 Å². The van der Waals surface area contributed by atoms with Crippen LogP contribution in [0, 0.1) is 5.92 Å². The minimum absolute atomic E-state index is 0.0194. The Morgan fingerprint density at radius 1 is 1.50 bits per heavy atom. The van der Waals surface area contributed by atoms with Crippen molar-refractivity contribution in [1.82, 2.24) is 0 Å². The number of benzene rings is 1. The van der Waals surface area contributed by atoms with Gasteiger partial charge in [0.15, 0.2) is 0 Å². The average Bonchev–Trinajstić information content (AvgIpc) is 2.22. The van der Waals surface area contributed by atoms with Crippen LogP contribution in [-0.2, 0) is 4.79 Å². The maximum absolute atomic E-state index is 10.8. The summed E-state index contributed by atoms with van der Waals surface area (Å²) in [7, 11) is 0. The molecule has 0 saturated carbocycles. The summed E-state index contributed by atoms with van der Waals surface area (Å²) in [6.45, 7) is 3.60. The summed E-state index contributed by atoms with van der Waals surface area (Å²) in [5, 5.41) is 8.88. The van der Waals surface area contributed by atoms with E-state index in [0.717, 1.165) is 9.37 Å². The summed E-state index contributed by atoms with van der Waals surface area (Å²) in [6, 6.07) is 5.58. The van der Waals surface area contributed by atoms with Gasteiger partial charge in [0, 0.05) is 20.3 Å². The van der Waals surface area contributed by atoms with Gasteiger partial charge in [0.25, 0.3) is 0 Å². The number of hydrogen-bond acceptors (Lipinski definition) is 3. The molecule has 0 radical (unpaired) electrons. The Balaban J connectivity index is 2.80. The summed E-state index contributed by atoms with van der Waals surface area (Å²) in [6.07, 6.45) is 0. The molecule has 0 aliphatic carbocycles. The Bertz CT molecular complexity index is 398. The van der Waals surface area contributed by atoms with Crippen molar-refractivity contribution >= 4 is 39.3 Å². The van der Waals surface area contributed by atoms with E-state index in [1.165, 1.54) is 11.8 Å². The molecule has 0 fully saturated rings. The minimum atomic E-state index is -0.784. The molecule has 3 N–H and O–H groups in total. The van der Waals surface area contributed by atoms with E-state index in [-0.39, 0.29) is 5.25 Å². The molecule has 1 rings (SSSR count). The van der Waals surface area contributed by atoms with Crippen LogP contribution >= 0.6 is 27.7 Å². The molecule has 0 aromatic heterocycles. The Morgan fingerprint density at radius 3 is 2.69 bits per heavy atom. The zero-order chi connectivity index (χ0) is 12.3. The molecular weight excluding hydrogens is 290 g/mol. The monoisotopic (exact) mass is 303 g/mol. The third-order valence-corrected chi connectivity index (χ3v) is 4.26. The third kappa shape index (κ3) is 3.42. The Morgan fingerprint density at radius 2 is 2.12 bits per heavy atom. The molecule has 0 bridgehead atoms. The lowest BCUT2D eigenvalue weighted by atomic mass is 10.1. The topological polar surface area (TPSA) is 63.3 Å². The van der Waals surface area contributed by atoms with Gasteiger partial charge in [-0.15, -0.1) is 11.8 Å². The fourth-order valence-electron chi connectivity index (χ4n) is 1.11. The first kappa shape index (κ1) is 13.4. The van der Waals surface area contributed by atoms with E-state index < -0.39 is 11.9 Å². The van der Waals surface area contributed by atoms with Crippen molar-refractivity contribution in [1.29, 1.82) is 0 Å². The summed E-state index contributed by atoms with van der Waals surface area (Å²) >= 11 is 4.85. The number of nitrogen functional groups attached to an aromatic ring is 1. The first-order valence-corrected chi connectivity index (χ1v) is 6.53. The Labute approximate surface area is 108 Å². The maximum atomic E-state index is 10.8. The van der Waals surface area contributed by atoms with Crippen LogP contribution in [0.25, 0.3) is 0 Å². The minimum Gasteiger partial charge on any atom is -0.481 e. The van der Waals surface area contributed by atoms with Gasteiger partial charge in [-0.3, -0.25) is 4.79 Å². The number of aliphatic carboxylic acids is 1. The predicted molar refractivity (Wildman–Crippen MR) is 70.7 cm³/mol. The highest BCUT2D eigenvalue weighted by molar-refractivity contribution is 9.10. The molecule has 5 heteroatoms. The van der Waals surface area contributed by atoms with Gasteiger partial charge < -0.3 is 10.8 Å². The van der Waals surface area contributed by atoms with E-state index in [1.54, 1.807) is 6.92 Å². The van der Waals surface area contributed by atoms with E-state index >= 15 is 0 Å². The van der Waals surface area contributed by atoms with Gasteiger partial charge >= 0.3 is 5.97 Å². The van der Waals surface area contributed by atoms with E-state index in [1.807, 2.05) is 25.1 Å². The van der Waals surface area contributed by atoms with E-state index in [4.69, 9.17) is 10.8 Å². The van der Waals surface area contributed by atoms with Gasteiger partial charge in [0.1, 0.15) is 0 Å². The highest BCUT2D eigenvalue weighted by Crippen LogP contribution is 2.33. The van der Waals surface area contributed by atoms with Crippen LogP contribution in [0.3, 0.4) is 0 Å². The van der Waals surface area contributed by atoms with Crippen molar-refractivity contribution in [3.8, 4) is 0 Å². The predicted octanol–water partition coefficient (Wildman–Crippen LogP) is 3.23. The molecule has 0 amide bonds. The van der Waals surface area contributed by atoms with Crippen LogP contribution in [0.2, 0.25) is 0 Å². The van der Waals surface area contributed by atoms with Crippen molar-refractivity contribution in [2.24, 2.45) is 5.92 Å². The normalized spacial score (nSPS) is 14.4. The lowest BCUT2D eigenvalue weighted by molar-refractivity contribution is -0.140. The standard InChI is InChI=1S/C11H14BrNO2S/c1-6(11(14)15)7(2)16-10-5-8(12)3-4-9(10)13/h3-7H,13H2,1-2H3,(H,14,15). The Hall–Kier alpha value is -0.680. The summed E-state index contributed by atoms with van der Waals surface area (Å²) in [5.41, 5.74) is 6.50. The second-order valence-corrected chi connectivity index (χ2v) is 5.97. The number of thioether (sulfide) groups is 1. The van der Waals surface area contributed by atoms with Crippen molar-refractivity contribution in [3.05, 3.63) is 22.7 Å². The van der Waals surface area contributed by atoms with Gasteiger partial charge in [0.05, 0.1) is 5.92 Å². The number of nitrogens with two attached hydrogens (primary N) is 1. The van der Waals surface area contributed by atoms with Crippen LogP contribution in [0.4, 0.5) is 5.69 Å². The van der Waals surface area contributed by atoms with Gasteiger partial charge in [-0.1, -0.05) is 29.8 Å². The number of carbonyl (C=O) groups is 1. The first-order valence-electron chi connectivity index (χ1n) is 4.86. The van der Waals surface area contributed by atoms with Crippen LogP contribution < -0.4 is 5.73 Å². The van der Waals surface area contributed by atoms with Gasteiger partial charge in [0.2, 0.25) is 0 Å². The van der Waals surface area contributed by atoms with Crippen molar-refractivity contribution < 1.29 is 9.90 Å². The Kier molecular flexibility index (Phi) is 4.68. The highest BCUT2D eigenvalue weighted by atomic mass is 79.9. The van der Waals surface area contributed by atoms with Crippen LogP contribution in [0.5, 0.6) is 0 Å². The quantitative estimate of drug-likeness (QED) is 0.662. The molecule has 88 valence electrons. The fourth-order valence-corrected chi connectivity index (χ4v) is 2.75. The van der Waals surface area contributed by atoms with Crippen molar-refractivity contribution in [3.63, 3.8) is 0 Å². The van der Waals surface area contributed by atoms with Crippen LogP contribution in [0.15, 0.2) is 27.6 Å². The third-order valence-electron chi connectivity index (χ3n) is 2.38. The van der Waals surface area contributed by atoms with Crippen LogP contribution in [0.1, 0.15) is 13.8 Å². The molecule has 0 saturated heterocycles. The van der Waals surface area contributed by atoms with E-state index in [9.17, 15) is 4.79 Å². The molecule has 2 unspecified atom stereocenters. The first-order chi connectivity index (χ1) is 7.41. The largest absolute Gasteiger partial charge is 0.481 e. The molecule has 1 aromatic carbocycles. The summed E-state index contributed by atoms with van der Waals surface area (Å²) < 4.78 is 0.944. The zero-order valence-corrected chi connectivity index (χ0v) is 11.5. The molecule has 0 spiro atoms. The smallest absolute Gasteiger partial charge is 0.307 e. The lowest BCUT2D eigenvalue weighted by Crippen LogP contribution is -2.20. The fraction of sp³-hybridized carbons (Fsp3) is 0.364. The maximum Gasteiger partial charge on any atom is 0.307 e. The zero-order valence-electron chi connectivity index (χ0n) is 9.11. The summed E-state index contributed by atoms with van der Waals surface area (Å²) in [5.74, 6) is -1.18. The molecule has 3 nitrogen and oxygen atoms in total. The van der Waals surface area contributed by atoms with Gasteiger partial charge in [-0.2, -0.15) is 0 Å². The SMILES string of the molecule is CC(Sc1cc(Br)ccc1N)C(C)C(=O)O. The molecule has 16 heavy (non-hydrogen) atoms. The van der Waals surface area contributed by atoms with Gasteiger partial charge in [-0.05, 0) is 18.2 Å². The molecule has 1 aromatic rings. The molecule has 2 atom stereocenters. The number of carboxylic acid groups (broad SMARTS) is 1. The highest BCUT2D eigenvalue weighted by Gasteiger charge is 2.20. The molecule has 0 aliphatic heterocycles. The number of halogens is 1. The molecular formula is C11H14BrNO2S.